The summed E-state index contributed by atoms with van der Waals surface area (Å²) < 4.78 is 28.8. The maximum absolute atomic E-state index is 13.7. The molecule has 0 saturated carbocycles. The van der Waals surface area contributed by atoms with Crippen molar-refractivity contribution >= 4 is 58.9 Å². The van der Waals surface area contributed by atoms with Crippen molar-refractivity contribution in [2.24, 2.45) is 0 Å². The summed E-state index contributed by atoms with van der Waals surface area (Å²) in [4.78, 5) is 19.1. The van der Waals surface area contributed by atoms with Crippen LogP contribution in [0.15, 0.2) is 41.6 Å². The van der Waals surface area contributed by atoms with Gasteiger partial charge in [-0.3, -0.25) is 15.1 Å². The number of rotatable bonds is 9. The molecular weight excluding hydrogens is 566 g/mol. The summed E-state index contributed by atoms with van der Waals surface area (Å²) in [6.07, 6.45) is 3.45. The maximum Gasteiger partial charge on any atom is 0.271 e. The number of nitro benzene ring substituents is 1. The molecule has 0 amide bonds. The first-order valence-corrected chi connectivity index (χ1v) is 13.8. The van der Waals surface area contributed by atoms with Crippen LogP contribution in [-0.2, 0) is 10.0 Å². The van der Waals surface area contributed by atoms with E-state index in [0.717, 1.165) is 5.69 Å². The number of non-ortho nitro benzene ring substituents is 1. The summed E-state index contributed by atoms with van der Waals surface area (Å²) in [6, 6.07) is 6.42. The number of aromatic nitrogens is 1. The molecule has 0 bridgehead atoms. The molecule has 0 spiro atoms. The maximum atomic E-state index is 13.7. The SMILES string of the molecule is Cc1cc([N+](=O)[O-])cc(S(=O)(=O)N2CCN(c3cccnc3)CC2)c1N(CCBr)CCBr. The van der Waals surface area contributed by atoms with Crippen LogP contribution in [0.3, 0.4) is 0 Å². The number of hydrogen-bond acceptors (Lipinski definition) is 7. The first kappa shape index (κ1) is 24.9. The van der Waals surface area contributed by atoms with Crippen molar-refractivity contribution in [1.29, 1.82) is 0 Å². The zero-order valence-corrected chi connectivity index (χ0v) is 21.6. The number of halogens is 2. The van der Waals surface area contributed by atoms with E-state index in [-0.39, 0.29) is 23.7 Å². The Labute approximate surface area is 204 Å². The number of anilines is 2. The van der Waals surface area contributed by atoms with Crippen molar-refractivity contribution in [3.63, 3.8) is 0 Å². The molecule has 1 fully saturated rings. The van der Waals surface area contributed by atoms with E-state index >= 15 is 0 Å². The molecule has 9 nitrogen and oxygen atoms in total. The second-order valence-corrected chi connectivity index (χ2v) is 10.8. The van der Waals surface area contributed by atoms with E-state index in [0.29, 0.717) is 48.1 Å². The van der Waals surface area contributed by atoms with Gasteiger partial charge in [0.1, 0.15) is 4.90 Å². The van der Waals surface area contributed by atoms with Crippen molar-refractivity contribution in [1.82, 2.24) is 9.29 Å². The van der Waals surface area contributed by atoms with Gasteiger partial charge in [0.05, 0.1) is 22.5 Å². The number of sulfonamides is 1. The van der Waals surface area contributed by atoms with Crippen LogP contribution in [-0.4, -0.2) is 72.6 Å². The molecule has 0 aliphatic carbocycles. The monoisotopic (exact) mass is 589 g/mol. The Balaban J connectivity index is 1.98. The molecule has 1 aliphatic heterocycles. The van der Waals surface area contributed by atoms with E-state index in [1.165, 1.54) is 16.4 Å². The minimum Gasteiger partial charge on any atom is -0.369 e. The largest absolute Gasteiger partial charge is 0.369 e. The van der Waals surface area contributed by atoms with Crippen molar-refractivity contribution < 1.29 is 13.3 Å². The third-order valence-corrected chi connectivity index (χ3v) is 7.98. The summed E-state index contributed by atoms with van der Waals surface area (Å²) in [7, 11) is -3.94. The van der Waals surface area contributed by atoms with E-state index in [2.05, 4.69) is 41.7 Å². The topological polar surface area (TPSA) is 99.9 Å². The molecule has 32 heavy (non-hydrogen) atoms. The first-order valence-electron chi connectivity index (χ1n) is 10.1. The molecule has 1 aromatic heterocycles. The Morgan fingerprint density at radius 2 is 1.81 bits per heavy atom. The van der Waals surface area contributed by atoms with Gasteiger partial charge in [0, 0.05) is 68.3 Å². The van der Waals surface area contributed by atoms with Crippen LogP contribution in [0, 0.1) is 17.0 Å². The Bertz CT molecular complexity index is 1040. The molecule has 1 aromatic carbocycles. The highest BCUT2D eigenvalue weighted by Gasteiger charge is 2.34. The predicted molar refractivity (Wildman–Crippen MR) is 133 cm³/mol. The highest BCUT2D eigenvalue weighted by atomic mass is 79.9. The van der Waals surface area contributed by atoms with Gasteiger partial charge >= 0.3 is 0 Å². The second kappa shape index (κ2) is 10.9. The summed E-state index contributed by atoms with van der Waals surface area (Å²) in [5.41, 5.74) is 1.80. The molecule has 2 aromatic rings. The van der Waals surface area contributed by atoms with Gasteiger partial charge in [-0.25, -0.2) is 8.42 Å². The second-order valence-electron chi connectivity index (χ2n) is 7.33. The van der Waals surface area contributed by atoms with Gasteiger partial charge in [-0.1, -0.05) is 31.9 Å². The summed E-state index contributed by atoms with van der Waals surface area (Å²) >= 11 is 6.85. The third-order valence-electron chi connectivity index (χ3n) is 5.35. The molecule has 0 unspecified atom stereocenters. The zero-order valence-electron chi connectivity index (χ0n) is 17.7. The number of hydrogen-bond donors (Lipinski definition) is 0. The number of nitrogens with zero attached hydrogens (tertiary/aromatic N) is 5. The van der Waals surface area contributed by atoms with Gasteiger partial charge in [0.2, 0.25) is 10.0 Å². The van der Waals surface area contributed by atoms with Crippen LogP contribution in [0.2, 0.25) is 0 Å². The minimum absolute atomic E-state index is 0.0130. The fraction of sp³-hybridized carbons (Fsp3) is 0.450. The lowest BCUT2D eigenvalue weighted by molar-refractivity contribution is -0.385. The Hall–Kier alpha value is -1.76. The number of aryl methyl sites for hydroxylation is 1. The van der Waals surface area contributed by atoms with Gasteiger partial charge in [-0.05, 0) is 24.6 Å². The minimum atomic E-state index is -3.94. The van der Waals surface area contributed by atoms with Crippen molar-refractivity contribution in [2.45, 2.75) is 11.8 Å². The molecule has 1 saturated heterocycles. The molecule has 12 heteroatoms. The lowest BCUT2D eigenvalue weighted by Crippen LogP contribution is -2.49. The van der Waals surface area contributed by atoms with Crippen molar-refractivity contribution in [2.75, 3.05) is 59.7 Å². The highest BCUT2D eigenvalue weighted by Crippen LogP contribution is 2.36. The smallest absolute Gasteiger partial charge is 0.271 e. The predicted octanol–water partition coefficient (Wildman–Crippen LogP) is 3.41. The Morgan fingerprint density at radius 1 is 1.16 bits per heavy atom. The van der Waals surface area contributed by atoms with Crippen LogP contribution in [0.5, 0.6) is 0 Å². The first-order chi connectivity index (χ1) is 15.3. The number of nitro groups is 1. The molecule has 0 atom stereocenters. The fourth-order valence-electron chi connectivity index (χ4n) is 3.84. The van der Waals surface area contributed by atoms with E-state index < -0.39 is 14.9 Å². The lowest BCUT2D eigenvalue weighted by Gasteiger charge is -2.36. The molecule has 174 valence electrons. The summed E-state index contributed by atoms with van der Waals surface area (Å²) in [5, 5.41) is 12.8. The standard InChI is InChI=1S/C20H25Br2N5O4S/c1-16-13-18(27(28)29)14-19(20(16)25(7-4-21)8-5-22)32(30,31)26-11-9-24(10-12-26)17-3-2-6-23-15-17/h2-3,6,13-15H,4-5,7-12H2,1H3. The van der Waals surface area contributed by atoms with E-state index in [9.17, 15) is 18.5 Å². The lowest BCUT2D eigenvalue weighted by atomic mass is 10.1. The zero-order chi connectivity index (χ0) is 23.3. The summed E-state index contributed by atoms with van der Waals surface area (Å²) in [5.74, 6) is 0. The highest BCUT2D eigenvalue weighted by molar-refractivity contribution is 9.09. The number of piperazine rings is 1. The number of pyridine rings is 1. The van der Waals surface area contributed by atoms with E-state index in [1.807, 2.05) is 17.0 Å². The van der Waals surface area contributed by atoms with Gasteiger partial charge in [-0.2, -0.15) is 4.31 Å². The van der Waals surface area contributed by atoms with Crippen LogP contribution in [0.1, 0.15) is 5.56 Å². The van der Waals surface area contributed by atoms with Gasteiger partial charge in [-0.15, -0.1) is 0 Å². The van der Waals surface area contributed by atoms with Gasteiger partial charge in [0.25, 0.3) is 5.69 Å². The fourth-order valence-corrected chi connectivity index (χ4v) is 6.42. The van der Waals surface area contributed by atoms with Crippen molar-refractivity contribution in [3.05, 3.63) is 52.3 Å². The molecular formula is C20H25Br2N5O4S. The molecule has 0 N–H and O–H groups in total. The van der Waals surface area contributed by atoms with Crippen LogP contribution in [0.4, 0.5) is 17.1 Å². The van der Waals surface area contributed by atoms with E-state index in [1.54, 1.807) is 19.3 Å². The number of alkyl halides is 2. The summed E-state index contributed by atoms with van der Waals surface area (Å²) in [6.45, 7) is 4.46. The normalized spacial score (nSPS) is 15.0. The van der Waals surface area contributed by atoms with E-state index in [4.69, 9.17) is 0 Å². The Morgan fingerprint density at radius 3 is 2.34 bits per heavy atom. The molecule has 3 rings (SSSR count). The molecule has 2 heterocycles. The average Bonchev–Trinajstić information content (AvgIpc) is 2.79. The molecule has 1 aliphatic rings. The van der Waals surface area contributed by atoms with Crippen LogP contribution < -0.4 is 9.80 Å². The van der Waals surface area contributed by atoms with Crippen LogP contribution >= 0.6 is 31.9 Å². The molecule has 0 radical (unpaired) electrons. The number of benzene rings is 1. The Kier molecular flexibility index (Phi) is 8.48. The van der Waals surface area contributed by atoms with Gasteiger partial charge in [0.15, 0.2) is 0 Å². The average molecular weight is 591 g/mol. The van der Waals surface area contributed by atoms with Crippen LogP contribution in [0.25, 0.3) is 0 Å². The van der Waals surface area contributed by atoms with Gasteiger partial charge < -0.3 is 9.80 Å². The third kappa shape index (κ3) is 5.41. The van der Waals surface area contributed by atoms with Crippen molar-refractivity contribution in [3.8, 4) is 0 Å². The quantitative estimate of drug-likeness (QED) is 0.251.